The average Bonchev–Trinajstić information content (AvgIpc) is 2.60. The molecule has 2 rings (SSSR count). The molecule has 2 aromatic rings. The number of nitrogens with zero attached hydrogens (tertiary/aromatic N) is 2. The van der Waals surface area contributed by atoms with Crippen LogP contribution in [-0.2, 0) is 4.79 Å². The molecule has 23 heavy (non-hydrogen) atoms. The lowest BCUT2D eigenvalue weighted by Gasteiger charge is -2.29. The van der Waals surface area contributed by atoms with E-state index in [1.807, 2.05) is 36.4 Å². The van der Waals surface area contributed by atoms with Gasteiger partial charge in [0.05, 0.1) is 18.9 Å². The van der Waals surface area contributed by atoms with Gasteiger partial charge < -0.3 is 4.74 Å². The third kappa shape index (κ3) is 3.82. The predicted octanol–water partition coefficient (Wildman–Crippen LogP) is 3.92. The summed E-state index contributed by atoms with van der Waals surface area (Å²) in [5.74, 6) is 0.503. The Morgan fingerprint density at radius 3 is 2.48 bits per heavy atom. The van der Waals surface area contributed by atoms with E-state index in [0.29, 0.717) is 11.4 Å². The molecule has 0 N–H and O–H groups in total. The smallest absolute Gasteiger partial charge is 0.229 e. The van der Waals surface area contributed by atoms with Gasteiger partial charge in [0, 0.05) is 12.3 Å². The standard InChI is InChI=1S/C18H17ClN2O2/c1-23-17-10-6-5-9-15(17)21(18(22)11-12-19)16(13-20)14-7-3-2-4-8-14/h2-10,16H,11-12H2,1H3/t16-/m0/s1. The van der Waals surface area contributed by atoms with E-state index >= 15 is 0 Å². The summed E-state index contributed by atoms with van der Waals surface area (Å²) in [4.78, 5) is 14.1. The minimum atomic E-state index is -0.747. The van der Waals surface area contributed by atoms with Gasteiger partial charge in [0.15, 0.2) is 0 Å². The molecule has 2 aromatic carbocycles. The van der Waals surface area contributed by atoms with E-state index in [9.17, 15) is 10.1 Å². The predicted molar refractivity (Wildman–Crippen MR) is 90.6 cm³/mol. The first-order valence-electron chi connectivity index (χ1n) is 7.18. The van der Waals surface area contributed by atoms with Crippen LogP contribution in [0.5, 0.6) is 5.75 Å². The first-order valence-corrected chi connectivity index (χ1v) is 7.72. The number of rotatable bonds is 6. The molecule has 118 valence electrons. The van der Waals surface area contributed by atoms with E-state index in [1.165, 1.54) is 12.0 Å². The van der Waals surface area contributed by atoms with Crippen molar-refractivity contribution in [2.24, 2.45) is 0 Å². The molecule has 0 bridgehead atoms. The second-order valence-corrected chi connectivity index (χ2v) is 5.19. The number of anilines is 1. The van der Waals surface area contributed by atoms with Crippen LogP contribution in [0.3, 0.4) is 0 Å². The maximum atomic E-state index is 12.6. The van der Waals surface area contributed by atoms with Gasteiger partial charge in [-0.15, -0.1) is 11.6 Å². The minimum absolute atomic E-state index is 0.143. The lowest BCUT2D eigenvalue weighted by atomic mass is 10.0. The van der Waals surface area contributed by atoms with Crippen molar-refractivity contribution < 1.29 is 9.53 Å². The van der Waals surface area contributed by atoms with Crippen molar-refractivity contribution in [3.8, 4) is 11.8 Å². The highest BCUT2D eigenvalue weighted by Gasteiger charge is 2.28. The molecule has 0 fully saturated rings. The first kappa shape index (κ1) is 16.9. The summed E-state index contributed by atoms with van der Waals surface area (Å²) in [5.41, 5.74) is 1.30. The van der Waals surface area contributed by atoms with Crippen LogP contribution in [0, 0.1) is 11.3 Å². The number of halogens is 1. The Kier molecular flexibility index (Phi) is 6.02. The highest BCUT2D eigenvalue weighted by molar-refractivity contribution is 6.19. The van der Waals surface area contributed by atoms with Gasteiger partial charge >= 0.3 is 0 Å². The maximum absolute atomic E-state index is 12.6. The molecule has 0 saturated carbocycles. The van der Waals surface area contributed by atoms with Crippen molar-refractivity contribution in [3.63, 3.8) is 0 Å². The van der Waals surface area contributed by atoms with E-state index in [1.54, 1.807) is 18.2 Å². The van der Waals surface area contributed by atoms with E-state index < -0.39 is 6.04 Å². The summed E-state index contributed by atoms with van der Waals surface area (Å²) in [6.45, 7) is 0. The third-order valence-corrected chi connectivity index (χ3v) is 3.61. The summed E-state index contributed by atoms with van der Waals surface area (Å²) < 4.78 is 5.35. The SMILES string of the molecule is COc1ccccc1N(C(=O)CCCl)[C@@H](C#N)c1ccccc1. The molecule has 0 aromatic heterocycles. The molecule has 0 unspecified atom stereocenters. The van der Waals surface area contributed by atoms with Crippen LogP contribution in [0.1, 0.15) is 18.0 Å². The molecule has 0 radical (unpaired) electrons. The van der Waals surface area contributed by atoms with E-state index in [4.69, 9.17) is 16.3 Å². The Bertz CT molecular complexity index is 698. The highest BCUT2D eigenvalue weighted by Crippen LogP contribution is 2.34. The van der Waals surface area contributed by atoms with Crippen molar-refractivity contribution in [2.75, 3.05) is 17.9 Å². The van der Waals surface area contributed by atoms with Gasteiger partial charge in [-0.05, 0) is 17.7 Å². The van der Waals surface area contributed by atoms with Crippen LogP contribution in [0.4, 0.5) is 5.69 Å². The fraction of sp³-hybridized carbons (Fsp3) is 0.222. The number of hydrogen-bond donors (Lipinski definition) is 0. The third-order valence-electron chi connectivity index (χ3n) is 3.42. The Hall–Kier alpha value is -2.51. The fourth-order valence-corrected chi connectivity index (χ4v) is 2.53. The van der Waals surface area contributed by atoms with Crippen molar-refractivity contribution in [1.29, 1.82) is 5.26 Å². The van der Waals surface area contributed by atoms with Crippen molar-refractivity contribution in [1.82, 2.24) is 0 Å². The Balaban J connectivity index is 2.54. The molecule has 0 aliphatic rings. The zero-order chi connectivity index (χ0) is 16.7. The molecule has 0 aliphatic carbocycles. The molecule has 0 spiro atoms. The number of methoxy groups -OCH3 is 1. The normalized spacial score (nSPS) is 11.3. The number of carbonyl (C=O) groups is 1. The van der Waals surface area contributed by atoms with E-state index in [2.05, 4.69) is 6.07 Å². The van der Waals surface area contributed by atoms with Gasteiger partial charge in [0.2, 0.25) is 5.91 Å². The second-order valence-electron chi connectivity index (χ2n) is 4.82. The largest absolute Gasteiger partial charge is 0.495 e. The average molecular weight is 329 g/mol. The fourth-order valence-electron chi connectivity index (χ4n) is 2.36. The second kappa shape index (κ2) is 8.21. The highest BCUT2D eigenvalue weighted by atomic mass is 35.5. The lowest BCUT2D eigenvalue weighted by molar-refractivity contribution is -0.118. The zero-order valence-electron chi connectivity index (χ0n) is 12.8. The molecule has 5 heteroatoms. The van der Waals surface area contributed by atoms with Gasteiger partial charge in [0.25, 0.3) is 0 Å². The molecule has 0 aliphatic heterocycles. The van der Waals surface area contributed by atoms with Crippen LogP contribution in [0.25, 0.3) is 0 Å². The van der Waals surface area contributed by atoms with E-state index in [-0.39, 0.29) is 18.2 Å². The van der Waals surface area contributed by atoms with Gasteiger partial charge in [-0.3, -0.25) is 9.69 Å². The van der Waals surface area contributed by atoms with Crippen molar-refractivity contribution in [2.45, 2.75) is 12.5 Å². The van der Waals surface area contributed by atoms with Gasteiger partial charge in [0.1, 0.15) is 11.8 Å². The Morgan fingerprint density at radius 2 is 1.87 bits per heavy atom. The summed E-state index contributed by atoms with van der Waals surface area (Å²) in [6, 6.07) is 17.8. The molecule has 0 heterocycles. The quantitative estimate of drug-likeness (QED) is 0.755. The van der Waals surface area contributed by atoms with Gasteiger partial charge in [-0.1, -0.05) is 42.5 Å². The monoisotopic (exact) mass is 328 g/mol. The number of ether oxygens (including phenoxy) is 1. The number of alkyl halides is 1. The van der Waals surface area contributed by atoms with E-state index in [0.717, 1.165) is 5.56 Å². The summed E-state index contributed by atoms with van der Waals surface area (Å²) in [6.07, 6.45) is 0.143. The first-order chi connectivity index (χ1) is 11.2. The van der Waals surface area contributed by atoms with Crippen molar-refractivity contribution in [3.05, 3.63) is 60.2 Å². The molecular weight excluding hydrogens is 312 g/mol. The van der Waals surface area contributed by atoms with Gasteiger partial charge in [-0.2, -0.15) is 5.26 Å². The number of para-hydroxylation sites is 2. The van der Waals surface area contributed by atoms with Crippen LogP contribution in [0.2, 0.25) is 0 Å². The molecular formula is C18H17ClN2O2. The number of nitriles is 1. The molecule has 4 nitrogen and oxygen atoms in total. The maximum Gasteiger partial charge on any atom is 0.229 e. The summed E-state index contributed by atoms with van der Waals surface area (Å²) >= 11 is 5.73. The Morgan fingerprint density at radius 1 is 1.22 bits per heavy atom. The van der Waals surface area contributed by atoms with Crippen LogP contribution < -0.4 is 9.64 Å². The number of hydrogen-bond acceptors (Lipinski definition) is 3. The molecule has 1 atom stereocenters. The minimum Gasteiger partial charge on any atom is -0.495 e. The number of benzene rings is 2. The van der Waals surface area contributed by atoms with Crippen LogP contribution in [0.15, 0.2) is 54.6 Å². The zero-order valence-corrected chi connectivity index (χ0v) is 13.5. The number of carbonyl (C=O) groups excluding carboxylic acids is 1. The van der Waals surface area contributed by atoms with Crippen molar-refractivity contribution >= 4 is 23.2 Å². The summed E-state index contributed by atoms with van der Waals surface area (Å²) in [5, 5.41) is 9.67. The Labute approximate surface area is 140 Å². The van der Waals surface area contributed by atoms with Crippen LogP contribution in [-0.4, -0.2) is 18.9 Å². The lowest BCUT2D eigenvalue weighted by Crippen LogP contribution is -2.34. The number of amides is 1. The van der Waals surface area contributed by atoms with Crippen LogP contribution >= 0.6 is 11.6 Å². The summed E-state index contributed by atoms with van der Waals surface area (Å²) in [7, 11) is 1.53. The van der Waals surface area contributed by atoms with Gasteiger partial charge in [-0.25, -0.2) is 0 Å². The molecule has 0 saturated heterocycles. The molecule has 1 amide bonds. The topological polar surface area (TPSA) is 53.3 Å².